The number of aliphatic hydroxyl groups is 1. The van der Waals surface area contributed by atoms with Gasteiger partial charge in [0.05, 0.1) is 12.7 Å². The Hall–Kier alpha value is -0.210. The zero-order valence-electron chi connectivity index (χ0n) is 7.63. The molecule has 0 saturated carbocycles. The predicted octanol–water partition coefficient (Wildman–Crippen LogP) is -1.22. The highest BCUT2D eigenvalue weighted by Crippen LogP contribution is 1.95. The van der Waals surface area contributed by atoms with Gasteiger partial charge in [-0.1, -0.05) is 0 Å². The molecule has 1 N–H and O–H groups in total. The molecule has 6 nitrogen and oxygen atoms in total. The van der Waals surface area contributed by atoms with E-state index in [0.717, 1.165) is 7.05 Å². The third kappa shape index (κ3) is 5.94. The number of hydrogen-bond acceptors (Lipinski definition) is 5. The molecular formula is C6H14NO5S-. The van der Waals surface area contributed by atoms with Crippen LogP contribution in [0.25, 0.3) is 0 Å². The van der Waals surface area contributed by atoms with Crippen LogP contribution < -0.4 is 0 Å². The zero-order valence-corrected chi connectivity index (χ0v) is 8.45. The van der Waals surface area contributed by atoms with Crippen LogP contribution in [0.1, 0.15) is 6.92 Å². The topological polar surface area (TPSA) is 89.9 Å². The van der Waals surface area contributed by atoms with Crippen molar-refractivity contribution in [2.75, 3.05) is 26.8 Å². The van der Waals surface area contributed by atoms with Crippen LogP contribution in [-0.2, 0) is 15.0 Å². The third-order valence-electron chi connectivity index (χ3n) is 1.36. The first-order chi connectivity index (χ1) is 5.88. The second-order valence-corrected chi connectivity index (χ2v) is 4.03. The first-order valence-corrected chi connectivity index (χ1v) is 5.17. The highest BCUT2D eigenvalue weighted by molar-refractivity contribution is 7.83. The van der Waals surface area contributed by atoms with Crippen LogP contribution in [0.5, 0.6) is 0 Å². The van der Waals surface area contributed by atoms with Crippen molar-refractivity contribution in [1.29, 1.82) is 0 Å². The summed E-state index contributed by atoms with van der Waals surface area (Å²) in [6.45, 7) is 1.97. The molecule has 80 valence electrons. The molecule has 0 aromatic rings. The van der Waals surface area contributed by atoms with Crippen LogP contribution in [-0.4, -0.2) is 55.3 Å². The molecule has 0 aliphatic heterocycles. The zero-order chi connectivity index (χ0) is 10.5. The lowest BCUT2D eigenvalue weighted by Gasteiger charge is -2.22. The maximum Gasteiger partial charge on any atom is 0.161 e. The van der Waals surface area contributed by atoms with Gasteiger partial charge in [0.2, 0.25) is 0 Å². The van der Waals surface area contributed by atoms with Gasteiger partial charge in [0.15, 0.2) is 10.3 Å². The summed E-state index contributed by atoms with van der Waals surface area (Å²) in [6.07, 6.45) is -0.964. The molecular weight excluding hydrogens is 198 g/mol. The molecule has 1 unspecified atom stereocenters. The van der Waals surface area contributed by atoms with Crippen molar-refractivity contribution in [2.24, 2.45) is 0 Å². The van der Waals surface area contributed by atoms with E-state index in [9.17, 15) is 13.0 Å². The summed E-state index contributed by atoms with van der Waals surface area (Å²) >= 11 is 0. The van der Waals surface area contributed by atoms with Gasteiger partial charge in [-0.2, -0.15) is 0 Å². The summed E-state index contributed by atoms with van der Waals surface area (Å²) in [5.41, 5.74) is 0. The van der Waals surface area contributed by atoms with Crippen molar-refractivity contribution >= 4 is 10.3 Å². The molecule has 0 radical (unpaired) electrons. The number of nitrogens with zero attached hydrogens (tertiary/aromatic N) is 1. The van der Waals surface area contributed by atoms with Gasteiger partial charge in [-0.15, -0.1) is 0 Å². The Morgan fingerprint density at radius 1 is 1.62 bits per heavy atom. The fraction of sp³-hybridized carbons (Fsp3) is 1.00. The summed E-state index contributed by atoms with van der Waals surface area (Å²) in [7, 11) is -3.35. The Morgan fingerprint density at radius 3 is 2.54 bits per heavy atom. The summed E-state index contributed by atoms with van der Waals surface area (Å²) in [6, 6.07) is 0. The van der Waals surface area contributed by atoms with Gasteiger partial charge in [0, 0.05) is 20.2 Å². The van der Waals surface area contributed by atoms with Crippen LogP contribution >= 0.6 is 0 Å². The first-order valence-electron chi connectivity index (χ1n) is 3.81. The maximum atomic E-state index is 10.4. The normalized spacial score (nSPS) is 14.8. The number of hydrogen-bond donors (Lipinski definition) is 1. The van der Waals surface area contributed by atoms with Crippen LogP contribution in [0, 0.1) is 0 Å². The molecule has 0 spiro atoms. The van der Waals surface area contributed by atoms with E-state index in [1.165, 1.54) is 0 Å². The van der Waals surface area contributed by atoms with Gasteiger partial charge in [0.25, 0.3) is 0 Å². The third-order valence-corrected chi connectivity index (χ3v) is 2.28. The van der Waals surface area contributed by atoms with E-state index in [4.69, 9.17) is 9.84 Å². The molecule has 13 heavy (non-hydrogen) atoms. The fourth-order valence-electron chi connectivity index (χ4n) is 0.695. The van der Waals surface area contributed by atoms with E-state index in [2.05, 4.69) is 0 Å². The van der Waals surface area contributed by atoms with Crippen molar-refractivity contribution in [3.05, 3.63) is 0 Å². The molecule has 0 saturated heterocycles. The molecule has 0 heterocycles. The molecule has 0 aromatic heterocycles. The standard InChI is InChI=1S/C6H15NO5S/c1-3-12-5-6(8)4-7(2)13(9,10)11/h6,8H,3-5H2,1-2H3,(H,9,10,11)/p-1. The number of rotatable bonds is 6. The molecule has 0 fully saturated rings. The SMILES string of the molecule is CCOCC(O)CN(C)S(=O)(=O)[O-]. The lowest BCUT2D eigenvalue weighted by molar-refractivity contribution is 0.0344. The Morgan fingerprint density at radius 2 is 2.15 bits per heavy atom. The molecule has 0 amide bonds. The van der Waals surface area contributed by atoms with Crippen LogP contribution in [0.3, 0.4) is 0 Å². The molecule has 0 bridgehead atoms. The van der Waals surface area contributed by atoms with Gasteiger partial charge < -0.3 is 14.4 Å². The second kappa shape index (κ2) is 5.51. The number of aliphatic hydroxyl groups excluding tert-OH is 1. The van der Waals surface area contributed by atoms with E-state index in [-0.39, 0.29) is 13.2 Å². The average molecular weight is 212 g/mol. The minimum absolute atomic E-state index is 0.0242. The lowest BCUT2D eigenvalue weighted by atomic mass is 10.4. The van der Waals surface area contributed by atoms with Crippen LogP contribution in [0.4, 0.5) is 0 Å². The average Bonchev–Trinajstić information content (AvgIpc) is 1.99. The van der Waals surface area contributed by atoms with Gasteiger partial charge >= 0.3 is 0 Å². The van der Waals surface area contributed by atoms with Crippen molar-refractivity contribution in [2.45, 2.75) is 13.0 Å². The van der Waals surface area contributed by atoms with Crippen LogP contribution in [0.15, 0.2) is 0 Å². The van der Waals surface area contributed by atoms with Gasteiger partial charge in [-0.05, 0) is 6.92 Å². The van der Waals surface area contributed by atoms with E-state index in [1.54, 1.807) is 6.92 Å². The largest absolute Gasteiger partial charge is 0.735 e. The Balaban J connectivity index is 3.85. The van der Waals surface area contributed by atoms with Crippen molar-refractivity contribution in [3.63, 3.8) is 0 Å². The van der Waals surface area contributed by atoms with E-state index >= 15 is 0 Å². The molecule has 0 aliphatic rings. The molecule has 0 aliphatic carbocycles. The fourth-order valence-corrected chi connectivity index (χ4v) is 1.05. The van der Waals surface area contributed by atoms with E-state index in [1.807, 2.05) is 0 Å². The Labute approximate surface area is 78.0 Å². The van der Waals surface area contributed by atoms with E-state index in [0.29, 0.717) is 10.9 Å². The Kier molecular flexibility index (Phi) is 5.42. The lowest BCUT2D eigenvalue weighted by Crippen LogP contribution is -2.36. The van der Waals surface area contributed by atoms with Crippen molar-refractivity contribution < 1.29 is 22.8 Å². The minimum atomic E-state index is -4.46. The monoisotopic (exact) mass is 212 g/mol. The summed E-state index contributed by atoms with van der Waals surface area (Å²) < 4.78 is 36.5. The first kappa shape index (κ1) is 12.8. The molecule has 0 rings (SSSR count). The van der Waals surface area contributed by atoms with Gasteiger partial charge in [0.1, 0.15) is 0 Å². The summed E-state index contributed by atoms with van der Waals surface area (Å²) in [4.78, 5) is 0. The highest BCUT2D eigenvalue weighted by Gasteiger charge is 2.11. The van der Waals surface area contributed by atoms with Crippen molar-refractivity contribution in [3.8, 4) is 0 Å². The second-order valence-electron chi connectivity index (χ2n) is 2.55. The van der Waals surface area contributed by atoms with E-state index < -0.39 is 16.4 Å². The molecule has 1 atom stereocenters. The van der Waals surface area contributed by atoms with Gasteiger partial charge in [-0.3, -0.25) is 0 Å². The smallest absolute Gasteiger partial charge is 0.161 e. The number of ether oxygens (including phenoxy) is 1. The van der Waals surface area contributed by atoms with Crippen LogP contribution in [0.2, 0.25) is 0 Å². The Bertz CT molecular complexity index is 227. The molecule has 0 aromatic carbocycles. The minimum Gasteiger partial charge on any atom is -0.735 e. The molecule has 7 heteroatoms. The van der Waals surface area contributed by atoms with Crippen molar-refractivity contribution in [1.82, 2.24) is 4.31 Å². The highest BCUT2D eigenvalue weighted by atomic mass is 32.2. The predicted molar refractivity (Wildman–Crippen MR) is 44.8 cm³/mol. The number of likely N-dealkylation sites (N-methyl/N-ethyl adjacent to an activating group) is 1. The summed E-state index contributed by atoms with van der Waals surface area (Å²) in [5.74, 6) is 0. The maximum absolute atomic E-state index is 10.4. The quantitative estimate of drug-likeness (QED) is 0.557. The van der Waals surface area contributed by atoms with Gasteiger partial charge in [-0.25, -0.2) is 12.7 Å². The summed E-state index contributed by atoms with van der Waals surface area (Å²) in [5, 5.41) is 9.14.